The molecular formula is C26H48N5+. The maximum atomic E-state index is 6.34. The van der Waals surface area contributed by atoms with E-state index in [9.17, 15) is 0 Å². The number of likely N-dealkylation sites (N-methyl/N-ethyl adjacent to an activating group) is 1. The lowest BCUT2D eigenvalue weighted by molar-refractivity contribution is -0.899. The van der Waals surface area contributed by atoms with Crippen LogP contribution in [0.1, 0.15) is 73.1 Å². The molecule has 2 heterocycles. The second-order valence-corrected chi connectivity index (χ2v) is 11.8. The second kappa shape index (κ2) is 8.90. The average molecular weight is 431 g/mol. The molecule has 2 aliphatic carbocycles. The average Bonchev–Trinajstić information content (AvgIpc) is 3.07. The SMILES string of the molecule is CC(=CCN1C[NH+](C)C2C(N)NCNC21)CC[C@]1(C)[C@H]2CCC=C(C)[C@]2(C)CC[C@@H]1C. The third kappa shape index (κ3) is 4.17. The topological polar surface area (TPSA) is 57.8 Å². The van der Waals surface area contributed by atoms with Gasteiger partial charge in [-0.1, -0.05) is 44.1 Å². The van der Waals surface area contributed by atoms with E-state index in [-0.39, 0.29) is 6.17 Å². The van der Waals surface area contributed by atoms with Crippen molar-refractivity contribution >= 4 is 0 Å². The number of nitrogens with one attached hydrogen (secondary N) is 3. The van der Waals surface area contributed by atoms with E-state index in [0.29, 0.717) is 23.0 Å². The van der Waals surface area contributed by atoms with Crippen molar-refractivity contribution in [2.24, 2.45) is 28.4 Å². The first kappa shape index (κ1) is 23.4. The van der Waals surface area contributed by atoms with Crippen molar-refractivity contribution in [3.05, 3.63) is 23.3 Å². The van der Waals surface area contributed by atoms with E-state index in [4.69, 9.17) is 5.73 Å². The highest BCUT2D eigenvalue weighted by molar-refractivity contribution is 5.21. The smallest absolute Gasteiger partial charge is 0.146 e. The van der Waals surface area contributed by atoms with Gasteiger partial charge in [-0.05, 0) is 75.0 Å². The molecule has 5 N–H and O–H groups in total. The van der Waals surface area contributed by atoms with Crippen molar-refractivity contribution in [3.8, 4) is 0 Å². The van der Waals surface area contributed by atoms with E-state index in [1.807, 2.05) is 0 Å². The maximum absolute atomic E-state index is 6.34. The van der Waals surface area contributed by atoms with Crippen LogP contribution in [0.5, 0.6) is 0 Å². The van der Waals surface area contributed by atoms with Crippen LogP contribution in [0.4, 0.5) is 0 Å². The highest BCUT2D eigenvalue weighted by atomic mass is 15.5. The molecule has 4 rings (SSSR count). The molecular weight excluding hydrogens is 382 g/mol. The molecule has 5 nitrogen and oxygen atoms in total. The van der Waals surface area contributed by atoms with Crippen molar-refractivity contribution in [2.75, 3.05) is 26.9 Å². The van der Waals surface area contributed by atoms with Gasteiger partial charge >= 0.3 is 0 Å². The fourth-order valence-electron chi connectivity index (χ4n) is 7.54. The molecule has 0 spiro atoms. The van der Waals surface area contributed by atoms with Gasteiger partial charge in [0.2, 0.25) is 0 Å². The van der Waals surface area contributed by atoms with E-state index < -0.39 is 0 Å². The lowest BCUT2D eigenvalue weighted by Gasteiger charge is -2.58. The predicted molar refractivity (Wildman–Crippen MR) is 129 cm³/mol. The number of hydrogen-bond donors (Lipinski definition) is 4. The molecule has 2 saturated heterocycles. The van der Waals surface area contributed by atoms with Gasteiger partial charge in [-0.25, -0.2) is 4.90 Å². The minimum atomic E-state index is 0.0800. The molecule has 0 bridgehead atoms. The first-order chi connectivity index (χ1) is 14.7. The molecule has 0 aromatic carbocycles. The number of fused-ring (bicyclic) bond motifs is 2. The number of nitrogens with zero attached hydrogens (tertiary/aromatic N) is 1. The van der Waals surface area contributed by atoms with Gasteiger partial charge in [0.15, 0.2) is 0 Å². The van der Waals surface area contributed by atoms with Gasteiger partial charge < -0.3 is 10.6 Å². The van der Waals surface area contributed by atoms with Crippen LogP contribution in [-0.4, -0.2) is 50.2 Å². The van der Waals surface area contributed by atoms with Crippen LogP contribution in [0.2, 0.25) is 0 Å². The molecule has 176 valence electrons. The standard InChI is InChI=1S/C26H47N5/c1-18(12-15-31-17-30(6)22-23(27)28-16-29-24(22)31)10-13-25(4)20(3)11-14-26(5)19(2)8-7-9-21(25)26/h8,12,20-24,28-29H,7,9-11,13-17,27H2,1-6H3/p+1/t20-,21+,22?,23?,24?,25-,26-/m0/s1. The zero-order chi connectivity index (χ0) is 22.4. The summed E-state index contributed by atoms with van der Waals surface area (Å²) in [6.45, 7) is 15.4. The Morgan fingerprint density at radius 1 is 1.32 bits per heavy atom. The van der Waals surface area contributed by atoms with Gasteiger partial charge in [0.25, 0.3) is 0 Å². The Kier molecular flexibility index (Phi) is 6.73. The molecule has 0 aromatic rings. The van der Waals surface area contributed by atoms with Gasteiger partial charge in [0.05, 0.1) is 7.05 Å². The Labute approximate surface area is 190 Å². The van der Waals surface area contributed by atoms with Gasteiger partial charge in [0, 0.05) is 13.2 Å². The largest absolute Gasteiger partial charge is 0.318 e. The van der Waals surface area contributed by atoms with Crippen molar-refractivity contribution in [1.29, 1.82) is 0 Å². The van der Waals surface area contributed by atoms with Crippen molar-refractivity contribution < 1.29 is 4.90 Å². The Morgan fingerprint density at radius 3 is 2.87 bits per heavy atom. The highest BCUT2D eigenvalue weighted by Crippen LogP contribution is 2.61. The molecule has 0 aromatic heterocycles. The summed E-state index contributed by atoms with van der Waals surface area (Å²) < 4.78 is 0. The monoisotopic (exact) mass is 430 g/mol. The van der Waals surface area contributed by atoms with Gasteiger partial charge in [-0.2, -0.15) is 0 Å². The van der Waals surface area contributed by atoms with Gasteiger partial charge in [-0.3, -0.25) is 10.6 Å². The fourth-order valence-corrected chi connectivity index (χ4v) is 7.54. The van der Waals surface area contributed by atoms with Crippen molar-refractivity contribution in [1.82, 2.24) is 15.5 Å². The Morgan fingerprint density at radius 2 is 2.10 bits per heavy atom. The summed E-state index contributed by atoms with van der Waals surface area (Å²) in [5, 5.41) is 6.99. The summed E-state index contributed by atoms with van der Waals surface area (Å²) >= 11 is 0. The van der Waals surface area contributed by atoms with Crippen LogP contribution in [0.15, 0.2) is 23.3 Å². The molecule has 4 aliphatic rings. The van der Waals surface area contributed by atoms with E-state index in [1.54, 1.807) is 11.1 Å². The highest BCUT2D eigenvalue weighted by Gasteiger charge is 2.53. The molecule has 3 fully saturated rings. The quantitative estimate of drug-likeness (QED) is 0.506. The molecule has 5 heteroatoms. The summed E-state index contributed by atoms with van der Waals surface area (Å²) in [5.74, 6) is 1.65. The Hall–Kier alpha value is -0.720. The van der Waals surface area contributed by atoms with Crippen molar-refractivity contribution in [2.45, 2.75) is 91.5 Å². The first-order valence-electron chi connectivity index (χ1n) is 12.8. The zero-order valence-corrected chi connectivity index (χ0v) is 20.9. The predicted octanol–water partition coefficient (Wildman–Crippen LogP) is 2.43. The summed E-state index contributed by atoms with van der Waals surface area (Å²) in [7, 11) is 2.27. The first-order valence-corrected chi connectivity index (χ1v) is 12.8. The van der Waals surface area contributed by atoms with Gasteiger partial charge in [0.1, 0.15) is 25.0 Å². The van der Waals surface area contributed by atoms with E-state index in [2.05, 4.69) is 69.4 Å². The van der Waals surface area contributed by atoms with E-state index >= 15 is 0 Å². The van der Waals surface area contributed by atoms with E-state index in [1.165, 1.54) is 43.4 Å². The molecule has 0 amide bonds. The minimum Gasteiger partial charge on any atom is -0.318 e. The van der Waals surface area contributed by atoms with Crippen LogP contribution in [-0.2, 0) is 0 Å². The summed E-state index contributed by atoms with van der Waals surface area (Å²) in [6.07, 6.45) is 13.5. The van der Waals surface area contributed by atoms with Crippen LogP contribution < -0.4 is 21.3 Å². The lowest BCUT2D eigenvalue weighted by Crippen LogP contribution is -3.14. The van der Waals surface area contributed by atoms with Crippen LogP contribution >= 0.6 is 0 Å². The minimum absolute atomic E-state index is 0.0800. The van der Waals surface area contributed by atoms with Gasteiger partial charge in [-0.15, -0.1) is 0 Å². The summed E-state index contributed by atoms with van der Waals surface area (Å²) in [5.41, 5.74) is 10.4. The van der Waals surface area contributed by atoms with E-state index in [0.717, 1.165) is 31.7 Å². The molecule has 4 unspecified atom stereocenters. The number of nitrogens with two attached hydrogens (primary N) is 1. The lowest BCUT2D eigenvalue weighted by atomic mass is 9.47. The zero-order valence-electron chi connectivity index (χ0n) is 20.9. The molecule has 2 aliphatic heterocycles. The van der Waals surface area contributed by atoms with Crippen LogP contribution in [0, 0.1) is 22.7 Å². The summed E-state index contributed by atoms with van der Waals surface area (Å²) in [4.78, 5) is 4.08. The van der Waals surface area contributed by atoms with Crippen molar-refractivity contribution in [3.63, 3.8) is 0 Å². The fraction of sp³-hybridized carbons (Fsp3) is 0.846. The molecule has 1 saturated carbocycles. The normalized spacial score (nSPS) is 46.4. The summed E-state index contributed by atoms with van der Waals surface area (Å²) in [6, 6.07) is 0.421. The van der Waals surface area contributed by atoms with Crippen LogP contribution in [0.3, 0.4) is 0 Å². The molecule has 0 radical (unpaired) electrons. The second-order valence-electron chi connectivity index (χ2n) is 11.8. The number of allylic oxidation sites excluding steroid dienone is 3. The number of hydrogen-bond acceptors (Lipinski definition) is 4. The third-order valence-corrected chi connectivity index (χ3v) is 10.1. The number of rotatable bonds is 5. The Bertz CT molecular complexity index is 717. The third-order valence-electron chi connectivity index (χ3n) is 10.1. The Balaban J connectivity index is 1.39. The maximum Gasteiger partial charge on any atom is 0.146 e. The molecule has 31 heavy (non-hydrogen) atoms. The molecule has 8 atom stereocenters. The number of quaternary nitrogens is 1. The van der Waals surface area contributed by atoms with Crippen LogP contribution in [0.25, 0.3) is 0 Å².